The number of benzene rings is 1. The number of carbonyl (C=O) groups is 2. The molecule has 0 bridgehead atoms. The van der Waals surface area contributed by atoms with Gasteiger partial charge in [0.05, 0.1) is 12.8 Å². The van der Waals surface area contributed by atoms with Gasteiger partial charge in [0.25, 0.3) is 0 Å². The molecule has 2 N–H and O–H groups in total. The number of rotatable bonds is 7. The first-order valence-electron chi connectivity index (χ1n) is 8.53. The Balaban J connectivity index is 2.25. The van der Waals surface area contributed by atoms with E-state index in [2.05, 4.69) is 10.6 Å². The van der Waals surface area contributed by atoms with Crippen molar-refractivity contribution in [1.82, 2.24) is 10.2 Å². The van der Waals surface area contributed by atoms with Crippen LogP contribution < -0.4 is 15.5 Å². The standard InChI is InChI=1S/C19H26N4O3/c1-5-20-19(25)21-16-8-9-18(22(3)4)15(11-16)12-23(14(2)24)13-17-7-6-10-26-17/h6-11H,5,12-13H2,1-4H3,(H2,20,21,25). The smallest absolute Gasteiger partial charge is 0.319 e. The average Bonchev–Trinajstić information content (AvgIpc) is 3.07. The van der Waals surface area contributed by atoms with Crippen molar-refractivity contribution in [2.24, 2.45) is 0 Å². The minimum Gasteiger partial charge on any atom is -0.467 e. The molecule has 2 rings (SSSR count). The maximum Gasteiger partial charge on any atom is 0.319 e. The predicted molar refractivity (Wildman–Crippen MR) is 102 cm³/mol. The Bertz CT molecular complexity index is 741. The largest absolute Gasteiger partial charge is 0.467 e. The van der Waals surface area contributed by atoms with E-state index in [-0.39, 0.29) is 11.9 Å². The van der Waals surface area contributed by atoms with Crippen molar-refractivity contribution in [2.45, 2.75) is 26.9 Å². The lowest BCUT2D eigenvalue weighted by Gasteiger charge is -2.25. The van der Waals surface area contributed by atoms with Crippen molar-refractivity contribution in [3.8, 4) is 0 Å². The van der Waals surface area contributed by atoms with Crippen LogP contribution >= 0.6 is 0 Å². The molecular weight excluding hydrogens is 332 g/mol. The van der Waals surface area contributed by atoms with Gasteiger partial charge < -0.3 is 24.9 Å². The monoisotopic (exact) mass is 358 g/mol. The van der Waals surface area contributed by atoms with Crippen LogP contribution in [0.1, 0.15) is 25.2 Å². The van der Waals surface area contributed by atoms with Gasteiger partial charge in [-0.2, -0.15) is 0 Å². The molecule has 0 atom stereocenters. The summed E-state index contributed by atoms with van der Waals surface area (Å²) in [6.07, 6.45) is 1.59. The van der Waals surface area contributed by atoms with Gasteiger partial charge in [-0.1, -0.05) is 0 Å². The molecule has 0 aliphatic rings. The fourth-order valence-corrected chi connectivity index (χ4v) is 2.64. The lowest BCUT2D eigenvalue weighted by atomic mass is 10.1. The summed E-state index contributed by atoms with van der Waals surface area (Å²) in [5, 5.41) is 5.51. The summed E-state index contributed by atoms with van der Waals surface area (Å²) in [7, 11) is 3.89. The molecule has 26 heavy (non-hydrogen) atoms. The number of hydrogen-bond donors (Lipinski definition) is 2. The van der Waals surface area contributed by atoms with Gasteiger partial charge in [0.1, 0.15) is 5.76 Å². The van der Waals surface area contributed by atoms with Gasteiger partial charge in [0, 0.05) is 45.5 Å². The zero-order chi connectivity index (χ0) is 19.1. The van der Waals surface area contributed by atoms with Crippen LogP contribution in [0.5, 0.6) is 0 Å². The summed E-state index contributed by atoms with van der Waals surface area (Å²) in [5.74, 6) is 0.677. The molecule has 140 valence electrons. The summed E-state index contributed by atoms with van der Waals surface area (Å²) in [5.41, 5.74) is 2.60. The van der Waals surface area contributed by atoms with Gasteiger partial charge in [0.15, 0.2) is 0 Å². The maximum atomic E-state index is 12.1. The Morgan fingerprint density at radius 3 is 2.50 bits per heavy atom. The number of furan rings is 1. The molecule has 0 saturated heterocycles. The lowest BCUT2D eigenvalue weighted by Crippen LogP contribution is -2.29. The van der Waals surface area contributed by atoms with Crippen molar-refractivity contribution in [1.29, 1.82) is 0 Å². The van der Waals surface area contributed by atoms with Crippen LogP contribution in [0, 0.1) is 0 Å². The molecule has 0 aliphatic heterocycles. The molecule has 2 aromatic rings. The highest BCUT2D eigenvalue weighted by atomic mass is 16.3. The van der Waals surface area contributed by atoms with Crippen LogP contribution in [0.25, 0.3) is 0 Å². The van der Waals surface area contributed by atoms with Crippen LogP contribution in [0.15, 0.2) is 41.0 Å². The average molecular weight is 358 g/mol. The van der Waals surface area contributed by atoms with Gasteiger partial charge in [-0.15, -0.1) is 0 Å². The van der Waals surface area contributed by atoms with Crippen LogP contribution in [0.4, 0.5) is 16.2 Å². The second kappa shape index (κ2) is 8.94. The topological polar surface area (TPSA) is 77.8 Å². The number of amides is 3. The van der Waals surface area contributed by atoms with Crippen molar-refractivity contribution < 1.29 is 14.0 Å². The third-order valence-corrected chi connectivity index (χ3v) is 3.89. The molecule has 1 heterocycles. The molecule has 7 nitrogen and oxygen atoms in total. The number of carbonyl (C=O) groups excluding carboxylic acids is 2. The third kappa shape index (κ3) is 5.27. The quantitative estimate of drug-likeness (QED) is 0.797. The van der Waals surface area contributed by atoms with E-state index in [4.69, 9.17) is 4.42 Å². The van der Waals surface area contributed by atoms with E-state index in [1.807, 2.05) is 50.2 Å². The van der Waals surface area contributed by atoms with Gasteiger partial charge in [-0.25, -0.2) is 4.79 Å². The van der Waals surface area contributed by atoms with E-state index >= 15 is 0 Å². The minimum atomic E-state index is -0.255. The second-order valence-corrected chi connectivity index (χ2v) is 6.18. The fourth-order valence-electron chi connectivity index (χ4n) is 2.64. The van der Waals surface area contributed by atoms with E-state index < -0.39 is 0 Å². The van der Waals surface area contributed by atoms with Gasteiger partial charge >= 0.3 is 6.03 Å². The number of nitrogens with one attached hydrogen (secondary N) is 2. The molecule has 0 unspecified atom stereocenters. The first-order chi connectivity index (χ1) is 12.4. The Hall–Kier alpha value is -2.96. The van der Waals surface area contributed by atoms with Crippen molar-refractivity contribution in [3.63, 3.8) is 0 Å². The molecule has 1 aromatic carbocycles. The van der Waals surface area contributed by atoms with E-state index in [9.17, 15) is 9.59 Å². The summed E-state index contributed by atoms with van der Waals surface area (Å²) >= 11 is 0. The number of urea groups is 1. The Morgan fingerprint density at radius 1 is 1.15 bits per heavy atom. The Morgan fingerprint density at radius 2 is 1.92 bits per heavy atom. The van der Waals surface area contributed by atoms with E-state index in [0.29, 0.717) is 25.3 Å². The number of hydrogen-bond acceptors (Lipinski definition) is 4. The van der Waals surface area contributed by atoms with E-state index in [1.54, 1.807) is 17.2 Å². The Labute approximate surface area is 154 Å². The zero-order valence-corrected chi connectivity index (χ0v) is 15.7. The molecule has 0 radical (unpaired) electrons. The van der Waals surface area contributed by atoms with Gasteiger partial charge in [-0.3, -0.25) is 4.79 Å². The SMILES string of the molecule is CCNC(=O)Nc1ccc(N(C)C)c(CN(Cc2ccco2)C(C)=O)c1. The zero-order valence-electron chi connectivity index (χ0n) is 15.7. The highest BCUT2D eigenvalue weighted by molar-refractivity contribution is 5.89. The molecular formula is C19H26N4O3. The maximum absolute atomic E-state index is 12.1. The highest BCUT2D eigenvalue weighted by Gasteiger charge is 2.16. The summed E-state index contributed by atoms with van der Waals surface area (Å²) < 4.78 is 5.36. The summed E-state index contributed by atoms with van der Waals surface area (Å²) in [6, 6.07) is 9.06. The third-order valence-electron chi connectivity index (χ3n) is 3.89. The number of anilines is 2. The summed E-state index contributed by atoms with van der Waals surface area (Å²) in [4.78, 5) is 27.6. The minimum absolute atomic E-state index is 0.0480. The fraction of sp³-hybridized carbons (Fsp3) is 0.368. The van der Waals surface area contributed by atoms with E-state index in [1.165, 1.54) is 6.92 Å². The molecule has 3 amide bonds. The highest BCUT2D eigenvalue weighted by Crippen LogP contribution is 2.25. The Kier molecular flexibility index (Phi) is 6.66. The first-order valence-corrected chi connectivity index (χ1v) is 8.53. The van der Waals surface area contributed by atoms with Crippen LogP contribution in [0.3, 0.4) is 0 Å². The van der Waals surface area contributed by atoms with Crippen LogP contribution in [-0.4, -0.2) is 37.5 Å². The predicted octanol–water partition coefficient (Wildman–Crippen LogP) is 3.04. The molecule has 0 aliphatic carbocycles. The lowest BCUT2D eigenvalue weighted by molar-refractivity contribution is -0.130. The molecule has 1 aromatic heterocycles. The molecule has 7 heteroatoms. The van der Waals surface area contributed by atoms with Gasteiger partial charge in [-0.05, 0) is 42.8 Å². The van der Waals surface area contributed by atoms with Crippen molar-refractivity contribution in [2.75, 3.05) is 30.9 Å². The number of nitrogens with zero attached hydrogens (tertiary/aromatic N) is 2. The normalized spacial score (nSPS) is 10.3. The molecule has 0 fully saturated rings. The van der Waals surface area contributed by atoms with E-state index in [0.717, 1.165) is 17.0 Å². The molecule has 0 saturated carbocycles. The van der Waals surface area contributed by atoms with Crippen molar-refractivity contribution >= 4 is 23.3 Å². The van der Waals surface area contributed by atoms with Crippen molar-refractivity contribution in [3.05, 3.63) is 47.9 Å². The molecule has 0 spiro atoms. The second-order valence-electron chi connectivity index (χ2n) is 6.18. The van der Waals surface area contributed by atoms with Crippen LogP contribution in [-0.2, 0) is 17.9 Å². The van der Waals surface area contributed by atoms with Gasteiger partial charge in [0.2, 0.25) is 5.91 Å². The summed E-state index contributed by atoms with van der Waals surface area (Å²) in [6.45, 7) is 4.75. The first kappa shape index (κ1) is 19.4. The van der Waals surface area contributed by atoms with Crippen LogP contribution in [0.2, 0.25) is 0 Å².